The summed E-state index contributed by atoms with van der Waals surface area (Å²) in [6.07, 6.45) is 0.602. The molecule has 2 heterocycles. The van der Waals surface area contributed by atoms with E-state index in [1.54, 1.807) is 9.36 Å². The standard InChI is InChI=1S/C14H21ClN4O/c1-6-10-14(15)11(19(5)17-10)7-12(20)13-8(2)16-18(4)9(13)3/h12,20H,6-7H2,1-5H3. The van der Waals surface area contributed by atoms with Crippen LogP contribution in [-0.2, 0) is 26.9 Å². The maximum Gasteiger partial charge on any atom is 0.0881 e. The van der Waals surface area contributed by atoms with Crippen molar-refractivity contribution in [2.45, 2.75) is 39.7 Å². The van der Waals surface area contributed by atoms with Crippen LogP contribution >= 0.6 is 11.6 Å². The molecule has 2 aromatic heterocycles. The van der Waals surface area contributed by atoms with Crippen LogP contribution in [0.15, 0.2) is 0 Å². The molecule has 6 heteroatoms. The van der Waals surface area contributed by atoms with Crippen molar-refractivity contribution in [3.8, 4) is 0 Å². The molecule has 0 saturated carbocycles. The normalized spacial score (nSPS) is 12.9. The topological polar surface area (TPSA) is 55.9 Å². The maximum absolute atomic E-state index is 10.5. The Balaban J connectivity index is 2.32. The van der Waals surface area contributed by atoms with Crippen molar-refractivity contribution >= 4 is 11.6 Å². The van der Waals surface area contributed by atoms with Gasteiger partial charge in [0.1, 0.15) is 0 Å². The van der Waals surface area contributed by atoms with Crippen LogP contribution in [-0.4, -0.2) is 24.7 Å². The van der Waals surface area contributed by atoms with Crippen LogP contribution in [0.5, 0.6) is 0 Å². The first-order valence-corrected chi connectivity index (χ1v) is 7.13. The highest BCUT2D eigenvalue weighted by Crippen LogP contribution is 2.28. The maximum atomic E-state index is 10.5. The predicted octanol–water partition coefficient (Wildman–Crippen LogP) is 2.26. The summed E-state index contributed by atoms with van der Waals surface area (Å²) in [5.74, 6) is 0. The van der Waals surface area contributed by atoms with Crippen molar-refractivity contribution in [3.63, 3.8) is 0 Å². The van der Waals surface area contributed by atoms with Gasteiger partial charge in [0, 0.05) is 31.8 Å². The minimum absolute atomic E-state index is 0.440. The largest absolute Gasteiger partial charge is 0.388 e. The Morgan fingerprint density at radius 2 is 1.85 bits per heavy atom. The van der Waals surface area contributed by atoms with Crippen LogP contribution in [0, 0.1) is 13.8 Å². The molecule has 110 valence electrons. The highest BCUT2D eigenvalue weighted by Gasteiger charge is 2.22. The molecule has 1 N–H and O–H groups in total. The van der Waals surface area contributed by atoms with E-state index in [1.807, 2.05) is 34.9 Å². The van der Waals surface area contributed by atoms with Crippen molar-refractivity contribution in [2.75, 3.05) is 0 Å². The van der Waals surface area contributed by atoms with Gasteiger partial charge in [-0.3, -0.25) is 9.36 Å². The summed E-state index contributed by atoms with van der Waals surface area (Å²) in [6.45, 7) is 5.89. The average Bonchev–Trinajstić information content (AvgIpc) is 2.79. The lowest BCUT2D eigenvalue weighted by Gasteiger charge is -2.12. The number of hydrogen-bond acceptors (Lipinski definition) is 3. The van der Waals surface area contributed by atoms with Crippen molar-refractivity contribution in [2.24, 2.45) is 14.1 Å². The number of aliphatic hydroxyl groups excluding tert-OH is 1. The zero-order valence-electron chi connectivity index (χ0n) is 12.6. The molecule has 2 rings (SSSR count). The molecule has 0 fully saturated rings. The third-order valence-electron chi connectivity index (χ3n) is 3.79. The molecular weight excluding hydrogens is 276 g/mol. The number of aryl methyl sites for hydroxylation is 4. The molecule has 0 aliphatic rings. The molecule has 0 saturated heterocycles. The first-order chi connectivity index (χ1) is 9.36. The summed E-state index contributed by atoms with van der Waals surface area (Å²) in [4.78, 5) is 0. The Kier molecular flexibility index (Phi) is 4.20. The van der Waals surface area contributed by atoms with Gasteiger partial charge in [0.25, 0.3) is 0 Å². The minimum atomic E-state index is -0.624. The van der Waals surface area contributed by atoms with Crippen LogP contribution in [0.25, 0.3) is 0 Å². The minimum Gasteiger partial charge on any atom is -0.388 e. The predicted molar refractivity (Wildman–Crippen MR) is 78.9 cm³/mol. The van der Waals surface area contributed by atoms with Gasteiger partial charge >= 0.3 is 0 Å². The first-order valence-electron chi connectivity index (χ1n) is 6.75. The lowest BCUT2D eigenvalue weighted by molar-refractivity contribution is 0.174. The van der Waals surface area contributed by atoms with Crippen LogP contribution in [0.3, 0.4) is 0 Å². The number of aromatic nitrogens is 4. The van der Waals surface area contributed by atoms with Gasteiger partial charge < -0.3 is 5.11 Å². The Bertz CT molecular complexity index is 630. The molecule has 0 aromatic carbocycles. The Morgan fingerprint density at radius 1 is 1.20 bits per heavy atom. The second-order valence-electron chi connectivity index (χ2n) is 5.11. The molecule has 0 spiro atoms. The fraction of sp³-hybridized carbons (Fsp3) is 0.571. The summed E-state index contributed by atoms with van der Waals surface area (Å²) >= 11 is 6.33. The van der Waals surface area contributed by atoms with E-state index in [0.717, 1.165) is 34.8 Å². The fourth-order valence-electron chi connectivity index (χ4n) is 2.60. The highest BCUT2D eigenvalue weighted by molar-refractivity contribution is 6.31. The molecule has 0 aliphatic carbocycles. The smallest absolute Gasteiger partial charge is 0.0881 e. The van der Waals surface area contributed by atoms with Crippen molar-refractivity contribution < 1.29 is 5.11 Å². The van der Waals surface area contributed by atoms with Gasteiger partial charge in [-0.15, -0.1) is 0 Å². The van der Waals surface area contributed by atoms with Crippen LogP contribution in [0.1, 0.15) is 41.4 Å². The Labute approximate surface area is 124 Å². The third-order valence-corrected chi connectivity index (χ3v) is 4.22. The Morgan fingerprint density at radius 3 is 2.30 bits per heavy atom. The molecule has 0 aliphatic heterocycles. The zero-order valence-corrected chi connectivity index (χ0v) is 13.4. The molecule has 0 bridgehead atoms. The van der Waals surface area contributed by atoms with Gasteiger partial charge in [0.05, 0.1) is 28.2 Å². The van der Waals surface area contributed by atoms with E-state index in [2.05, 4.69) is 10.2 Å². The number of rotatable bonds is 4. The number of aliphatic hydroxyl groups is 1. The quantitative estimate of drug-likeness (QED) is 0.941. The fourth-order valence-corrected chi connectivity index (χ4v) is 2.97. The lowest BCUT2D eigenvalue weighted by Crippen LogP contribution is -2.08. The first kappa shape index (κ1) is 15.1. The molecule has 20 heavy (non-hydrogen) atoms. The van der Waals surface area contributed by atoms with Gasteiger partial charge in [-0.25, -0.2) is 0 Å². The number of halogens is 1. The van der Waals surface area contributed by atoms with E-state index < -0.39 is 6.10 Å². The summed E-state index contributed by atoms with van der Waals surface area (Å²) in [5.41, 5.74) is 4.44. The molecular formula is C14H21ClN4O. The van der Waals surface area contributed by atoms with E-state index >= 15 is 0 Å². The molecule has 0 amide bonds. The van der Waals surface area contributed by atoms with Crippen LogP contribution < -0.4 is 0 Å². The van der Waals surface area contributed by atoms with Gasteiger partial charge in [-0.05, 0) is 20.3 Å². The van der Waals surface area contributed by atoms with E-state index in [1.165, 1.54) is 0 Å². The van der Waals surface area contributed by atoms with E-state index in [-0.39, 0.29) is 0 Å². The monoisotopic (exact) mass is 296 g/mol. The van der Waals surface area contributed by atoms with Crippen LogP contribution in [0.2, 0.25) is 5.02 Å². The highest BCUT2D eigenvalue weighted by atomic mass is 35.5. The van der Waals surface area contributed by atoms with Gasteiger partial charge in [-0.2, -0.15) is 10.2 Å². The SMILES string of the molecule is CCc1nn(C)c(CC(O)c2c(C)nn(C)c2C)c1Cl. The second kappa shape index (κ2) is 5.58. The zero-order chi connectivity index (χ0) is 15.0. The Hall–Kier alpha value is -1.33. The van der Waals surface area contributed by atoms with Crippen LogP contribution in [0.4, 0.5) is 0 Å². The number of nitrogens with zero attached hydrogens (tertiary/aromatic N) is 4. The third kappa shape index (κ3) is 2.47. The van der Waals surface area contributed by atoms with Crippen molar-refractivity contribution in [1.29, 1.82) is 0 Å². The van der Waals surface area contributed by atoms with Crippen molar-refractivity contribution in [1.82, 2.24) is 19.6 Å². The van der Waals surface area contributed by atoms with Gasteiger partial charge in [-0.1, -0.05) is 18.5 Å². The summed E-state index contributed by atoms with van der Waals surface area (Å²) < 4.78 is 3.54. The average molecular weight is 297 g/mol. The molecule has 0 radical (unpaired) electrons. The molecule has 1 atom stereocenters. The summed E-state index contributed by atoms with van der Waals surface area (Å²) in [7, 11) is 3.74. The van der Waals surface area contributed by atoms with Crippen molar-refractivity contribution in [3.05, 3.63) is 33.4 Å². The molecule has 2 aromatic rings. The number of hydrogen-bond donors (Lipinski definition) is 1. The second-order valence-corrected chi connectivity index (χ2v) is 5.49. The van der Waals surface area contributed by atoms with Gasteiger partial charge in [0.15, 0.2) is 0 Å². The van der Waals surface area contributed by atoms with E-state index in [9.17, 15) is 5.11 Å². The summed E-state index contributed by atoms with van der Waals surface area (Å²) in [5, 5.41) is 19.9. The lowest BCUT2D eigenvalue weighted by atomic mass is 10.0. The molecule has 1 unspecified atom stereocenters. The molecule has 5 nitrogen and oxygen atoms in total. The van der Waals surface area contributed by atoms with Gasteiger partial charge in [0.2, 0.25) is 0 Å². The van der Waals surface area contributed by atoms with E-state index in [4.69, 9.17) is 11.6 Å². The summed E-state index contributed by atoms with van der Waals surface area (Å²) in [6, 6.07) is 0. The van der Waals surface area contributed by atoms with E-state index in [0.29, 0.717) is 11.4 Å².